The molecule has 0 radical (unpaired) electrons. The highest BCUT2D eigenvalue weighted by atomic mass is 32.1. The maximum atomic E-state index is 12.6. The Morgan fingerprint density at radius 1 is 1.33 bits per heavy atom. The topological polar surface area (TPSA) is 72.6 Å². The van der Waals surface area contributed by atoms with Crippen molar-refractivity contribution in [3.8, 4) is 0 Å². The molecule has 1 heterocycles. The van der Waals surface area contributed by atoms with E-state index in [4.69, 9.17) is 10.5 Å². The number of likely N-dealkylation sites (tertiary alicyclic amines) is 1. The highest BCUT2D eigenvalue weighted by molar-refractivity contribution is 7.80. The number of hydrogen-bond acceptors (Lipinski definition) is 4. The van der Waals surface area contributed by atoms with Gasteiger partial charge in [-0.25, -0.2) is 0 Å². The Labute approximate surface area is 147 Å². The van der Waals surface area contributed by atoms with Crippen molar-refractivity contribution in [1.82, 2.24) is 4.90 Å². The number of carbonyl (C=O) groups is 2. The molecule has 3 rings (SSSR count). The molecule has 1 atom stereocenters. The van der Waals surface area contributed by atoms with Crippen LogP contribution >= 0.6 is 12.6 Å². The lowest BCUT2D eigenvalue weighted by molar-refractivity contribution is -0.172. The molecule has 130 valence electrons. The van der Waals surface area contributed by atoms with Gasteiger partial charge in [-0.3, -0.25) is 9.59 Å². The average Bonchev–Trinajstić information content (AvgIpc) is 2.61. The fraction of sp³-hybridized carbons (Fsp3) is 0.556. The molecule has 0 aromatic heterocycles. The molecule has 24 heavy (non-hydrogen) atoms. The molecular weight excluding hydrogens is 324 g/mol. The lowest BCUT2D eigenvalue weighted by Gasteiger charge is -2.53. The zero-order chi connectivity index (χ0) is 17.2. The molecule has 6 heteroatoms. The monoisotopic (exact) mass is 348 g/mol. The van der Waals surface area contributed by atoms with Gasteiger partial charge in [0.25, 0.3) is 0 Å². The van der Waals surface area contributed by atoms with Crippen molar-refractivity contribution in [2.45, 2.75) is 44.4 Å². The van der Waals surface area contributed by atoms with Crippen LogP contribution < -0.4 is 5.73 Å². The second-order valence-electron chi connectivity index (χ2n) is 6.81. The lowest BCUT2D eigenvalue weighted by Crippen LogP contribution is -2.68. The maximum Gasteiger partial charge on any atom is 0.241 e. The molecule has 2 aliphatic rings. The maximum absolute atomic E-state index is 12.6. The molecule has 1 aromatic rings. The fourth-order valence-electron chi connectivity index (χ4n) is 3.74. The van der Waals surface area contributed by atoms with E-state index < -0.39 is 11.9 Å². The van der Waals surface area contributed by atoms with Gasteiger partial charge in [-0.15, -0.1) is 0 Å². The molecule has 5 nitrogen and oxygen atoms in total. The Morgan fingerprint density at radius 3 is 2.54 bits per heavy atom. The third kappa shape index (κ3) is 3.30. The van der Waals surface area contributed by atoms with E-state index in [1.807, 2.05) is 18.2 Å². The first-order chi connectivity index (χ1) is 11.6. The summed E-state index contributed by atoms with van der Waals surface area (Å²) in [4.78, 5) is 25.6. The fourth-order valence-corrected chi connectivity index (χ4v) is 4.12. The smallest absolute Gasteiger partial charge is 0.241 e. The number of nitrogens with zero attached hydrogens (tertiary/aromatic N) is 1. The Balaban J connectivity index is 1.49. The molecule has 1 saturated carbocycles. The Kier molecular flexibility index (Phi) is 5.15. The van der Waals surface area contributed by atoms with E-state index in [1.165, 1.54) is 5.56 Å². The van der Waals surface area contributed by atoms with Crippen molar-refractivity contribution in [3.63, 3.8) is 0 Å². The highest BCUT2D eigenvalue weighted by Crippen LogP contribution is 2.46. The van der Waals surface area contributed by atoms with Crippen LogP contribution in [0.15, 0.2) is 30.3 Å². The van der Waals surface area contributed by atoms with Crippen molar-refractivity contribution < 1.29 is 14.3 Å². The number of amides is 2. The minimum Gasteiger partial charge on any atom is -0.374 e. The van der Waals surface area contributed by atoms with Crippen molar-refractivity contribution in [2.24, 2.45) is 11.1 Å². The van der Waals surface area contributed by atoms with Crippen LogP contribution in [0.25, 0.3) is 0 Å². The number of thiol groups is 1. The van der Waals surface area contributed by atoms with Crippen LogP contribution in [-0.4, -0.2) is 41.2 Å². The quantitative estimate of drug-likeness (QED) is 0.608. The second-order valence-corrected chi connectivity index (χ2v) is 7.18. The van der Waals surface area contributed by atoms with Crippen LogP contribution in [0.3, 0.4) is 0 Å². The first-order valence-corrected chi connectivity index (χ1v) is 9.06. The second kappa shape index (κ2) is 7.15. The summed E-state index contributed by atoms with van der Waals surface area (Å²) in [6.07, 6.45) is 3.61. The van der Waals surface area contributed by atoms with Crippen molar-refractivity contribution in [1.29, 1.82) is 0 Å². The van der Waals surface area contributed by atoms with Gasteiger partial charge in [0.15, 0.2) is 0 Å². The summed E-state index contributed by atoms with van der Waals surface area (Å²) in [5.74, 6) is -0.144. The number of carbonyl (C=O) groups excluding carboxylic acids is 2. The summed E-state index contributed by atoms with van der Waals surface area (Å²) in [5.41, 5.74) is 6.22. The summed E-state index contributed by atoms with van der Waals surface area (Å²) in [7, 11) is 0. The standard InChI is InChI=1S/C18H24N2O3S/c19-16(21)15(11-24)20-12-18(17(20)22)8-6-14(7-9-18)23-10-13-4-2-1-3-5-13/h1-5,14-15,24H,6-12H2,(H2,19,21). The largest absolute Gasteiger partial charge is 0.374 e. The zero-order valence-electron chi connectivity index (χ0n) is 13.7. The molecule has 1 spiro atoms. The molecule has 1 aliphatic carbocycles. The molecule has 1 aromatic carbocycles. The third-order valence-corrected chi connectivity index (χ3v) is 5.63. The summed E-state index contributed by atoms with van der Waals surface area (Å²) < 4.78 is 5.99. The van der Waals surface area contributed by atoms with Gasteiger partial charge >= 0.3 is 0 Å². The van der Waals surface area contributed by atoms with Gasteiger partial charge in [-0.05, 0) is 31.2 Å². The summed E-state index contributed by atoms with van der Waals surface area (Å²) in [6.45, 7) is 1.23. The minimum absolute atomic E-state index is 0.0573. The lowest BCUT2D eigenvalue weighted by atomic mass is 9.66. The van der Waals surface area contributed by atoms with Crippen molar-refractivity contribution in [3.05, 3.63) is 35.9 Å². The third-order valence-electron chi connectivity index (χ3n) is 5.28. The van der Waals surface area contributed by atoms with Gasteiger partial charge < -0.3 is 15.4 Å². The SMILES string of the molecule is NC(=O)C(CS)N1CC2(CCC(OCc3ccccc3)CC2)C1=O. The first-order valence-electron chi connectivity index (χ1n) is 8.42. The van der Waals surface area contributed by atoms with Gasteiger partial charge in [-0.1, -0.05) is 30.3 Å². The van der Waals surface area contributed by atoms with Gasteiger partial charge in [-0.2, -0.15) is 12.6 Å². The number of nitrogens with two attached hydrogens (primary N) is 1. The molecule has 2 fully saturated rings. The van der Waals surface area contributed by atoms with E-state index in [0.29, 0.717) is 13.2 Å². The summed E-state index contributed by atoms with van der Waals surface area (Å²) in [6, 6.07) is 9.53. The van der Waals surface area contributed by atoms with Crippen molar-refractivity contribution in [2.75, 3.05) is 12.3 Å². The normalized spacial score (nSPS) is 27.8. The van der Waals surface area contributed by atoms with E-state index >= 15 is 0 Å². The predicted molar refractivity (Wildman–Crippen MR) is 94.5 cm³/mol. The first kappa shape index (κ1) is 17.3. The molecule has 2 N–H and O–H groups in total. The Morgan fingerprint density at radius 2 is 2.00 bits per heavy atom. The molecule has 1 saturated heterocycles. The number of ether oxygens (including phenoxy) is 1. The van der Waals surface area contributed by atoms with Gasteiger partial charge in [0, 0.05) is 12.3 Å². The van der Waals surface area contributed by atoms with Crippen LogP contribution in [-0.2, 0) is 20.9 Å². The number of rotatable bonds is 6. The van der Waals surface area contributed by atoms with E-state index in [9.17, 15) is 9.59 Å². The average molecular weight is 348 g/mol. The molecular formula is C18H24N2O3S. The molecule has 0 bridgehead atoms. The number of hydrogen-bond donors (Lipinski definition) is 2. The molecule has 2 amide bonds. The minimum atomic E-state index is -0.585. The van der Waals surface area contributed by atoms with Crippen LogP contribution in [0.4, 0.5) is 0 Å². The molecule has 1 unspecified atom stereocenters. The Hall–Kier alpha value is -1.53. The predicted octanol–water partition coefficient (Wildman–Crippen LogP) is 1.76. The van der Waals surface area contributed by atoms with Crippen molar-refractivity contribution >= 4 is 24.4 Å². The summed E-state index contributed by atoms with van der Waals surface area (Å²) >= 11 is 4.14. The van der Waals surface area contributed by atoms with E-state index in [-0.39, 0.29) is 23.2 Å². The van der Waals surface area contributed by atoms with E-state index in [2.05, 4.69) is 24.8 Å². The molecule has 1 aliphatic heterocycles. The van der Waals surface area contributed by atoms with Crippen LogP contribution in [0.5, 0.6) is 0 Å². The number of primary amides is 1. The van der Waals surface area contributed by atoms with Crippen LogP contribution in [0.2, 0.25) is 0 Å². The highest BCUT2D eigenvalue weighted by Gasteiger charge is 2.55. The van der Waals surface area contributed by atoms with Gasteiger partial charge in [0.05, 0.1) is 18.1 Å². The van der Waals surface area contributed by atoms with E-state index in [0.717, 1.165) is 25.7 Å². The zero-order valence-corrected chi connectivity index (χ0v) is 14.6. The van der Waals surface area contributed by atoms with Crippen LogP contribution in [0.1, 0.15) is 31.2 Å². The van der Waals surface area contributed by atoms with Crippen LogP contribution in [0, 0.1) is 5.41 Å². The summed E-state index contributed by atoms with van der Waals surface area (Å²) in [5, 5.41) is 0. The number of benzene rings is 1. The van der Waals surface area contributed by atoms with E-state index in [1.54, 1.807) is 4.90 Å². The Bertz CT molecular complexity index is 600. The van der Waals surface area contributed by atoms with Gasteiger partial charge in [0.2, 0.25) is 11.8 Å². The number of β-lactam (4-membered cyclic amide) rings is 1. The van der Waals surface area contributed by atoms with Gasteiger partial charge in [0.1, 0.15) is 6.04 Å².